The van der Waals surface area contributed by atoms with Crippen LogP contribution in [0.25, 0.3) is 0 Å². The van der Waals surface area contributed by atoms with Crippen LogP contribution in [0.3, 0.4) is 0 Å². The molecule has 0 aliphatic carbocycles. The lowest BCUT2D eigenvalue weighted by Gasteiger charge is -2.30. The van der Waals surface area contributed by atoms with Crippen LogP contribution >= 0.6 is 12.2 Å². The van der Waals surface area contributed by atoms with Crippen molar-refractivity contribution < 1.29 is 9.13 Å². The summed E-state index contributed by atoms with van der Waals surface area (Å²) in [7, 11) is 1.70. The molecule has 0 aliphatic heterocycles. The summed E-state index contributed by atoms with van der Waals surface area (Å²) in [5.41, 5.74) is 6.90. The normalized spacial score (nSPS) is 11.3. The molecule has 0 heterocycles. The molecule has 0 saturated heterocycles. The molecule has 0 fully saturated rings. The average molecular weight is 312 g/mol. The number of methoxy groups -OCH3 is 1. The molecule has 1 rings (SSSR count). The van der Waals surface area contributed by atoms with Crippen molar-refractivity contribution in [2.24, 2.45) is 5.73 Å². The quantitative estimate of drug-likeness (QED) is 0.711. The lowest BCUT2D eigenvalue weighted by atomic mass is 10.1. The standard InChI is InChI=1S/C16H25FN2OS/c1-4-13(5-2)19(8-9-20-3)11-12-6-7-15(17)14(10-12)16(18)21/h6-7,10,13H,4-5,8-9,11H2,1-3H3,(H2,18,21). The maximum absolute atomic E-state index is 13.7. The molecule has 0 saturated carbocycles. The highest BCUT2D eigenvalue weighted by atomic mass is 32.1. The Kier molecular flexibility index (Phi) is 7.78. The first-order valence-electron chi connectivity index (χ1n) is 7.34. The van der Waals surface area contributed by atoms with Crippen molar-refractivity contribution >= 4 is 17.2 Å². The Morgan fingerprint density at radius 3 is 2.57 bits per heavy atom. The minimum atomic E-state index is -0.364. The Balaban J connectivity index is 2.91. The van der Waals surface area contributed by atoms with Gasteiger partial charge in [0.25, 0.3) is 0 Å². The molecule has 1 aromatic carbocycles. The van der Waals surface area contributed by atoms with E-state index in [-0.39, 0.29) is 10.8 Å². The molecule has 0 radical (unpaired) electrons. The third-order valence-electron chi connectivity index (χ3n) is 3.72. The second kappa shape index (κ2) is 9.07. The minimum absolute atomic E-state index is 0.0975. The molecule has 21 heavy (non-hydrogen) atoms. The van der Waals surface area contributed by atoms with Gasteiger partial charge in [0.15, 0.2) is 0 Å². The largest absolute Gasteiger partial charge is 0.389 e. The first kappa shape index (κ1) is 18.0. The zero-order valence-corrected chi connectivity index (χ0v) is 13.9. The summed E-state index contributed by atoms with van der Waals surface area (Å²) in [6, 6.07) is 5.46. The van der Waals surface area contributed by atoms with Crippen LogP contribution in [0.1, 0.15) is 37.8 Å². The molecule has 0 atom stereocenters. The number of thiocarbonyl (C=S) groups is 1. The van der Waals surface area contributed by atoms with Crippen molar-refractivity contribution in [2.75, 3.05) is 20.3 Å². The summed E-state index contributed by atoms with van der Waals surface area (Å²) in [6.07, 6.45) is 2.15. The van der Waals surface area contributed by atoms with Gasteiger partial charge in [0.05, 0.1) is 6.61 Å². The van der Waals surface area contributed by atoms with Crippen LogP contribution in [0, 0.1) is 5.82 Å². The molecule has 0 aromatic heterocycles. The molecule has 1 aromatic rings. The van der Waals surface area contributed by atoms with Crippen molar-refractivity contribution in [2.45, 2.75) is 39.3 Å². The summed E-state index contributed by atoms with van der Waals surface area (Å²) >= 11 is 4.89. The Morgan fingerprint density at radius 1 is 1.38 bits per heavy atom. The fraction of sp³-hybridized carbons (Fsp3) is 0.562. The SMILES string of the molecule is CCC(CC)N(CCOC)Cc1ccc(F)c(C(N)=S)c1. The van der Waals surface area contributed by atoms with Gasteiger partial charge in [-0.3, -0.25) is 4.90 Å². The van der Waals surface area contributed by atoms with Crippen LogP contribution in [0.4, 0.5) is 4.39 Å². The predicted octanol–water partition coefficient (Wildman–Crippen LogP) is 3.10. The number of benzene rings is 1. The third kappa shape index (κ3) is 5.34. The summed E-state index contributed by atoms with van der Waals surface area (Å²) in [5.74, 6) is -0.364. The van der Waals surface area contributed by atoms with Gasteiger partial charge in [0, 0.05) is 31.8 Å². The van der Waals surface area contributed by atoms with Gasteiger partial charge in [0.2, 0.25) is 0 Å². The lowest BCUT2D eigenvalue weighted by Crippen LogP contribution is -2.36. The van der Waals surface area contributed by atoms with E-state index in [0.717, 1.165) is 31.5 Å². The van der Waals surface area contributed by atoms with Gasteiger partial charge in [-0.25, -0.2) is 4.39 Å². The van der Waals surface area contributed by atoms with E-state index in [4.69, 9.17) is 22.7 Å². The van der Waals surface area contributed by atoms with E-state index in [9.17, 15) is 4.39 Å². The number of ether oxygens (including phenoxy) is 1. The number of halogens is 1. The van der Waals surface area contributed by atoms with Crippen molar-refractivity contribution in [3.8, 4) is 0 Å². The molecule has 3 nitrogen and oxygen atoms in total. The van der Waals surface area contributed by atoms with Crippen LogP contribution in [-0.2, 0) is 11.3 Å². The van der Waals surface area contributed by atoms with Gasteiger partial charge in [0.1, 0.15) is 10.8 Å². The number of rotatable bonds is 9. The van der Waals surface area contributed by atoms with Crippen LogP contribution < -0.4 is 5.73 Å². The zero-order chi connectivity index (χ0) is 15.8. The van der Waals surface area contributed by atoms with Gasteiger partial charge < -0.3 is 10.5 Å². The topological polar surface area (TPSA) is 38.5 Å². The fourth-order valence-corrected chi connectivity index (χ4v) is 2.65. The highest BCUT2D eigenvalue weighted by Gasteiger charge is 2.16. The molecular formula is C16H25FN2OS. The molecular weight excluding hydrogens is 287 g/mol. The van der Waals surface area contributed by atoms with E-state index < -0.39 is 0 Å². The molecule has 118 valence electrons. The first-order valence-corrected chi connectivity index (χ1v) is 7.75. The van der Waals surface area contributed by atoms with Crippen molar-refractivity contribution in [3.05, 3.63) is 35.1 Å². The Labute approximate surface area is 132 Å². The van der Waals surface area contributed by atoms with Crippen molar-refractivity contribution in [1.29, 1.82) is 0 Å². The van der Waals surface area contributed by atoms with Crippen molar-refractivity contribution in [3.63, 3.8) is 0 Å². The van der Waals surface area contributed by atoms with Crippen LogP contribution in [-0.4, -0.2) is 36.2 Å². The number of nitrogens with zero attached hydrogens (tertiary/aromatic N) is 1. The average Bonchev–Trinajstić information content (AvgIpc) is 2.47. The highest BCUT2D eigenvalue weighted by molar-refractivity contribution is 7.80. The van der Waals surface area contributed by atoms with Crippen molar-refractivity contribution in [1.82, 2.24) is 4.90 Å². The molecule has 0 bridgehead atoms. The Morgan fingerprint density at radius 2 is 2.05 bits per heavy atom. The monoisotopic (exact) mass is 312 g/mol. The second-order valence-corrected chi connectivity index (χ2v) is 5.55. The van der Waals surface area contributed by atoms with E-state index in [2.05, 4.69) is 18.7 Å². The number of hydrogen-bond acceptors (Lipinski definition) is 3. The minimum Gasteiger partial charge on any atom is -0.389 e. The molecule has 5 heteroatoms. The van der Waals surface area contributed by atoms with Crippen LogP contribution in [0.5, 0.6) is 0 Å². The summed E-state index contributed by atoms with van der Waals surface area (Å²) in [6.45, 7) is 6.63. The molecule has 2 N–H and O–H groups in total. The van der Waals surface area contributed by atoms with E-state index in [1.54, 1.807) is 19.2 Å². The fourth-order valence-electron chi connectivity index (χ4n) is 2.50. The summed E-state index contributed by atoms with van der Waals surface area (Å²) in [4.78, 5) is 2.46. The number of nitrogens with two attached hydrogens (primary N) is 1. The highest BCUT2D eigenvalue weighted by Crippen LogP contribution is 2.16. The lowest BCUT2D eigenvalue weighted by molar-refractivity contribution is 0.110. The zero-order valence-electron chi connectivity index (χ0n) is 13.1. The Bertz CT molecular complexity index is 464. The predicted molar refractivity (Wildman–Crippen MR) is 88.9 cm³/mol. The molecule has 0 aliphatic rings. The molecule has 0 spiro atoms. The summed E-state index contributed by atoms with van der Waals surface area (Å²) in [5, 5.41) is 0. The maximum Gasteiger partial charge on any atom is 0.133 e. The van der Waals surface area contributed by atoms with Crippen LogP contribution in [0.2, 0.25) is 0 Å². The van der Waals surface area contributed by atoms with Crippen LogP contribution in [0.15, 0.2) is 18.2 Å². The van der Waals surface area contributed by atoms with E-state index in [0.29, 0.717) is 18.2 Å². The van der Waals surface area contributed by atoms with Gasteiger partial charge in [-0.05, 0) is 30.5 Å². The van der Waals surface area contributed by atoms with Gasteiger partial charge >= 0.3 is 0 Å². The molecule has 0 amide bonds. The Hall–Kier alpha value is -1.04. The van der Waals surface area contributed by atoms with Gasteiger partial charge in [-0.1, -0.05) is 32.1 Å². The second-order valence-electron chi connectivity index (χ2n) is 5.11. The van der Waals surface area contributed by atoms with E-state index in [1.165, 1.54) is 6.07 Å². The molecule has 0 unspecified atom stereocenters. The van der Waals surface area contributed by atoms with Gasteiger partial charge in [-0.15, -0.1) is 0 Å². The first-order chi connectivity index (χ1) is 10.0. The summed E-state index contributed by atoms with van der Waals surface area (Å²) < 4.78 is 18.8. The van der Waals surface area contributed by atoms with E-state index in [1.807, 2.05) is 0 Å². The van der Waals surface area contributed by atoms with E-state index >= 15 is 0 Å². The number of hydrogen-bond donors (Lipinski definition) is 1. The third-order valence-corrected chi connectivity index (χ3v) is 3.94. The van der Waals surface area contributed by atoms with Gasteiger partial charge in [-0.2, -0.15) is 0 Å². The maximum atomic E-state index is 13.7. The smallest absolute Gasteiger partial charge is 0.133 e.